The fourth-order valence-electron chi connectivity index (χ4n) is 2.32. The van der Waals surface area contributed by atoms with E-state index >= 15 is 0 Å². The van der Waals surface area contributed by atoms with Crippen LogP contribution in [0.1, 0.15) is 51.9 Å². The second-order valence-electron chi connectivity index (χ2n) is 4.50. The molecule has 0 radical (unpaired) electrons. The lowest BCUT2D eigenvalue weighted by molar-refractivity contribution is 0.0492. The third-order valence-corrected chi connectivity index (χ3v) is 3.24. The molecule has 1 aliphatic carbocycles. The molecule has 0 aromatic rings. The van der Waals surface area contributed by atoms with Crippen LogP contribution in [0.15, 0.2) is 0 Å². The number of unbranched alkanes of at least 4 members (excludes halogenated alkanes) is 2. The molecule has 1 saturated heterocycles. The Balaban J connectivity index is 2.06. The Morgan fingerprint density at radius 1 is 1.50 bits per heavy atom. The van der Waals surface area contributed by atoms with Crippen molar-refractivity contribution in [2.24, 2.45) is 0 Å². The van der Waals surface area contributed by atoms with Crippen molar-refractivity contribution in [1.29, 1.82) is 0 Å². The van der Waals surface area contributed by atoms with Gasteiger partial charge in [-0.15, -0.1) is 0 Å². The zero-order valence-electron chi connectivity index (χ0n) is 9.75. The van der Waals surface area contributed by atoms with Crippen LogP contribution in [0, 0.1) is 11.8 Å². The molecule has 2 atom stereocenters. The van der Waals surface area contributed by atoms with Crippen LogP contribution < -0.4 is 0 Å². The number of carbonyl (C=O) groups is 1. The average molecular weight is 222 g/mol. The summed E-state index contributed by atoms with van der Waals surface area (Å²) in [5.41, 5.74) is -0.622. The summed E-state index contributed by atoms with van der Waals surface area (Å²) in [6, 6.07) is 0. The molecule has 2 rings (SSSR count). The molecule has 2 aliphatic rings. The Morgan fingerprint density at radius 3 is 3.19 bits per heavy atom. The second kappa shape index (κ2) is 4.78. The van der Waals surface area contributed by atoms with Crippen LogP contribution in [-0.4, -0.2) is 17.9 Å². The standard InChI is InChI=1S/C13H18O3/c1-2-3-4-6-9-13-10-7-5-8-11(13)15-12(14)16-13/h11H,2-5,7-8,10H2,1H3/t11-,13+/m0/s1. The topological polar surface area (TPSA) is 35.5 Å². The van der Waals surface area contributed by atoms with Crippen LogP contribution in [0.3, 0.4) is 0 Å². The first-order valence-electron chi connectivity index (χ1n) is 6.16. The summed E-state index contributed by atoms with van der Waals surface area (Å²) in [7, 11) is 0. The van der Waals surface area contributed by atoms with Crippen molar-refractivity contribution >= 4 is 6.16 Å². The Morgan fingerprint density at radius 2 is 2.38 bits per heavy atom. The van der Waals surface area contributed by atoms with E-state index in [0.29, 0.717) is 0 Å². The van der Waals surface area contributed by atoms with Gasteiger partial charge in [0.1, 0.15) is 0 Å². The predicted molar refractivity (Wildman–Crippen MR) is 59.9 cm³/mol. The van der Waals surface area contributed by atoms with Gasteiger partial charge in [0.25, 0.3) is 0 Å². The molecule has 88 valence electrons. The first kappa shape index (κ1) is 11.3. The van der Waals surface area contributed by atoms with Gasteiger partial charge in [-0.25, -0.2) is 4.79 Å². The highest BCUT2D eigenvalue weighted by atomic mass is 16.8. The summed E-state index contributed by atoms with van der Waals surface area (Å²) < 4.78 is 10.5. The number of fused-ring (bicyclic) bond motifs is 1. The van der Waals surface area contributed by atoms with Gasteiger partial charge in [-0.05, 0) is 25.7 Å². The van der Waals surface area contributed by atoms with E-state index in [1.54, 1.807) is 0 Å². The Labute approximate surface area is 96.5 Å². The summed E-state index contributed by atoms with van der Waals surface area (Å²) in [6.07, 6.45) is 6.30. The molecule has 0 amide bonds. The highest BCUT2D eigenvalue weighted by molar-refractivity contribution is 5.65. The molecule has 0 aromatic heterocycles. The lowest BCUT2D eigenvalue weighted by Gasteiger charge is -2.29. The largest absolute Gasteiger partial charge is 0.510 e. The quantitative estimate of drug-likeness (QED) is 0.409. The average Bonchev–Trinajstić information content (AvgIpc) is 2.61. The van der Waals surface area contributed by atoms with Gasteiger partial charge in [0, 0.05) is 12.8 Å². The van der Waals surface area contributed by atoms with Crippen LogP contribution in [0.2, 0.25) is 0 Å². The van der Waals surface area contributed by atoms with Gasteiger partial charge in [0.15, 0.2) is 6.10 Å². The molecule has 1 aliphatic heterocycles. The lowest BCUT2D eigenvalue weighted by atomic mass is 9.82. The molecule has 0 unspecified atom stereocenters. The van der Waals surface area contributed by atoms with Gasteiger partial charge in [0.05, 0.1) is 0 Å². The van der Waals surface area contributed by atoms with Gasteiger partial charge in [-0.3, -0.25) is 0 Å². The monoisotopic (exact) mass is 222 g/mol. The number of rotatable bonds is 2. The fourth-order valence-corrected chi connectivity index (χ4v) is 2.32. The Bertz CT molecular complexity index is 326. The normalized spacial score (nSPS) is 32.1. The minimum Gasteiger partial charge on any atom is -0.426 e. The molecule has 1 saturated carbocycles. The summed E-state index contributed by atoms with van der Waals surface area (Å²) in [4.78, 5) is 11.2. The highest BCUT2D eigenvalue weighted by Crippen LogP contribution is 2.38. The van der Waals surface area contributed by atoms with E-state index in [2.05, 4.69) is 18.8 Å². The van der Waals surface area contributed by atoms with Crippen LogP contribution in [0.25, 0.3) is 0 Å². The molecular weight excluding hydrogens is 204 g/mol. The first-order chi connectivity index (χ1) is 7.77. The maximum Gasteiger partial charge on any atom is 0.510 e. The number of ether oxygens (including phenoxy) is 2. The molecule has 0 N–H and O–H groups in total. The van der Waals surface area contributed by atoms with E-state index in [9.17, 15) is 4.79 Å². The van der Waals surface area contributed by atoms with Crippen molar-refractivity contribution < 1.29 is 14.3 Å². The van der Waals surface area contributed by atoms with Crippen molar-refractivity contribution in [2.75, 3.05) is 0 Å². The lowest BCUT2D eigenvalue weighted by Crippen LogP contribution is -2.41. The van der Waals surface area contributed by atoms with E-state index < -0.39 is 11.8 Å². The third kappa shape index (κ3) is 2.16. The van der Waals surface area contributed by atoms with Crippen molar-refractivity contribution in [3.63, 3.8) is 0 Å². The minimum absolute atomic E-state index is 0.136. The SMILES string of the molecule is CCCCC#C[C@@]12CCCC[C@@H]1OC(=O)O2. The number of carbonyl (C=O) groups excluding carboxylic acids is 1. The van der Waals surface area contributed by atoms with E-state index in [1.165, 1.54) is 0 Å². The van der Waals surface area contributed by atoms with E-state index in [4.69, 9.17) is 9.47 Å². The summed E-state index contributed by atoms with van der Waals surface area (Å²) >= 11 is 0. The molecule has 3 nitrogen and oxygen atoms in total. The van der Waals surface area contributed by atoms with Crippen molar-refractivity contribution in [3.8, 4) is 11.8 Å². The predicted octanol–water partition coefficient (Wildman–Crippen LogP) is 3.03. The zero-order chi connectivity index (χ0) is 11.4. The summed E-state index contributed by atoms with van der Waals surface area (Å²) in [6.45, 7) is 2.14. The van der Waals surface area contributed by atoms with Gasteiger partial charge in [-0.2, -0.15) is 0 Å². The van der Waals surface area contributed by atoms with E-state index in [1.807, 2.05) is 0 Å². The Kier molecular flexibility index (Phi) is 3.38. The van der Waals surface area contributed by atoms with Gasteiger partial charge >= 0.3 is 6.16 Å². The van der Waals surface area contributed by atoms with Crippen LogP contribution in [0.4, 0.5) is 4.79 Å². The molecule has 0 spiro atoms. The first-order valence-corrected chi connectivity index (χ1v) is 6.16. The van der Waals surface area contributed by atoms with Gasteiger partial charge in [0.2, 0.25) is 5.60 Å². The van der Waals surface area contributed by atoms with E-state index in [-0.39, 0.29) is 6.10 Å². The van der Waals surface area contributed by atoms with Crippen molar-refractivity contribution in [3.05, 3.63) is 0 Å². The second-order valence-corrected chi connectivity index (χ2v) is 4.50. The van der Waals surface area contributed by atoms with Crippen LogP contribution in [-0.2, 0) is 9.47 Å². The summed E-state index contributed by atoms with van der Waals surface area (Å²) in [5.74, 6) is 6.28. The maximum atomic E-state index is 11.2. The molecule has 3 heteroatoms. The van der Waals surface area contributed by atoms with Crippen LogP contribution in [0.5, 0.6) is 0 Å². The highest BCUT2D eigenvalue weighted by Gasteiger charge is 2.51. The minimum atomic E-state index is -0.622. The van der Waals surface area contributed by atoms with Crippen molar-refractivity contribution in [2.45, 2.75) is 63.6 Å². The van der Waals surface area contributed by atoms with Crippen molar-refractivity contribution in [1.82, 2.24) is 0 Å². The van der Waals surface area contributed by atoms with Crippen LogP contribution >= 0.6 is 0 Å². The maximum absolute atomic E-state index is 11.2. The number of hydrogen-bond acceptors (Lipinski definition) is 3. The molecule has 16 heavy (non-hydrogen) atoms. The molecule has 0 bridgehead atoms. The molecule has 0 aromatic carbocycles. The summed E-state index contributed by atoms with van der Waals surface area (Å²) in [5, 5.41) is 0. The fraction of sp³-hybridized carbons (Fsp3) is 0.769. The zero-order valence-corrected chi connectivity index (χ0v) is 9.75. The molecule has 2 fully saturated rings. The molecule has 1 heterocycles. The van der Waals surface area contributed by atoms with Gasteiger partial charge < -0.3 is 9.47 Å². The smallest absolute Gasteiger partial charge is 0.426 e. The third-order valence-electron chi connectivity index (χ3n) is 3.24. The van der Waals surface area contributed by atoms with Gasteiger partial charge in [-0.1, -0.05) is 25.2 Å². The van der Waals surface area contributed by atoms with E-state index in [0.717, 1.165) is 44.9 Å². The Hall–Kier alpha value is -1.17. The number of hydrogen-bond donors (Lipinski definition) is 0. The molecular formula is C13H18O3.